The molecule has 0 radical (unpaired) electrons. The molecule has 0 bridgehead atoms. The maximum atomic E-state index is 12.6. The maximum Gasteiger partial charge on any atom is 0.237 e. The van der Waals surface area contributed by atoms with Gasteiger partial charge in [-0.05, 0) is 48.9 Å². The molecule has 0 aliphatic carbocycles. The third kappa shape index (κ3) is 5.24. The zero-order valence-corrected chi connectivity index (χ0v) is 19.0. The number of nitrogens with one attached hydrogen (secondary N) is 2. The molecule has 156 valence electrons. The van der Waals surface area contributed by atoms with Crippen molar-refractivity contribution < 1.29 is 9.53 Å². The highest BCUT2D eigenvalue weighted by atomic mass is 79.9. The monoisotopic (exact) mass is 486 g/mol. The van der Waals surface area contributed by atoms with E-state index in [1.54, 1.807) is 6.20 Å². The highest BCUT2D eigenvalue weighted by molar-refractivity contribution is 9.10. The van der Waals surface area contributed by atoms with Gasteiger partial charge in [-0.15, -0.1) is 0 Å². The van der Waals surface area contributed by atoms with Crippen LogP contribution in [-0.2, 0) is 9.53 Å². The smallest absolute Gasteiger partial charge is 0.237 e. The molecule has 2 N–H and O–H groups in total. The number of hydrogen-bond donors (Lipinski definition) is 2. The highest BCUT2D eigenvalue weighted by Crippen LogP contribution is 2.26. The molecule has 1 aliphatic heterocycles. The van der Waals surface area contributed by atoms with E-state index in [1.165, 1.54) is 11.8 Å². The van der Waals surface area contributed by atoms with Crippen LogP contribution in [0.25, 0.3) is 11.3 Å². The van der Waals surface area contributed by atoms with Crippen molar-refractivity contribution in [3.63, 3.8) is 0 Å². The van der Waals surface area contributed by atoms with Gasteiger partial charge in [0.05, 0.1) is 30.4 Å². The molecule has 1 fully saturated rings. The van der Waals surface area contributed by atoms with Crippen LogP contribution < -0.4 is 10.2 Å². The quantitative estimate of drug-likeness (QED) is 0.489. The Morgan fingerprint density at radius 2 is 1.87 bits per heavy atom. The van der Waals surface area contributed by atoms with Crippen LogP contribution in [0.4, 0.5) is 11.4 Å². The predicted molar refractivity (Wildman–Crippen MR) is 125 cm³/mol. The number of rotatable bonds is 6. The Morgan fingerprint density at radius 3 is 2.57 bits per heavy atom. The molecule has 0 saturated carbocycles. The Kier molecular flexibility index (Phi) is 6.76. The number of carbonyl (C=O) groups is 1. The zero-order chi connectivity index (χ0) is 20.9. The molecule has 0 unspecified atom stereocenters. The minimum absolute atomic E-state index is 0.0549. The molecule has 30 heavy (non-hydrogen) atoms. The molecule has 4 rings (SSSR count). The molecule has 1 aliphatic rings. The van der Waals surface area contributed by atoms with E-state index in [4.69, 9.17) is 4.74 Å². The van der Waals surface area contributed by atoms with Gasteiger partial charge in [-0.2, -0.15) is 0 Å². The summed E-state index contributed by atoms with van der Waals surface area (Å²) < 4.78 is 6.42. The number of benzene rings is 2. The number of imidazole rings is 1. The standard InChI is InChI=1S/C22H23BrN4O2S/c1-15(30-22-24-14-20(26-22)16-2-4-17(23)5-3-16)21(28)25-18-6-8-19(9-7-18)27-10-12-29-13-11-27/h2-9,14-15H,10-13H2,1H3,(H,24,26)(H,25,28)/t15-/m0/s1. The van der Waals surface area contributed by atoms with Crippen LogP contribution in [0.2, 0.25) is 0 Å². The minimum atomic E-state index is -0.284. The molecule has 1 atom stereocenters. The zero-order valence-electron chi connectivity index (χ0n) is 16.6. The van der Waals surface area contributed by atoms with E-state index in [2.05, 4.69) is 36.1 Å². The first kappa shape index (κ1) is 21.0. The van der Waals surface area contributed by atoms with Crippen LogP contribution in [0.3, 0.4) is 0 Å². The Morgan fingerprint density at radius 1 is 1.17 bits per heavy atom. The van der Waals surface area contributed by atoms with Gasteiger partial charge in [-0.1, -0.05) is 39.8 Å². The van der Waals surface area contributed by atoms with Crippen LogP contribution in [-0.4, -0.2) is 47.4 Å². The molecule has 2 heterocycles. The average molecular weight is 487 g/mol. The number of thioether (sulfide) groups is 1. The van der Waals surface area contributed by atoms with Crippen molar-refractivity contribution in [1.29, 1.82) is 0 Å². The number of nitrogens with zero attached hydrogens (tertiary/aromatic N) is 2. The second-order valence-corrected chi connectivity index (χ2v) is 9.25. The molecular weight excluding hydrogens is 464 g/mol. The third-order valence-electron chi connectivity index (χ3n) is 4.88. The van der Waals surface area contributed by atoms with E-state index in [1.807, 2.05) is 55.5 Å². The van der Waals surface area contributed by atoms with Crippen LogP contribution in [0.15, 0.2) is 64.4 Å². The Labute approximate surface area is 188 Å². The van der Waals surface area contributed by atoms with Gasteiger partial charge in [-0.25, -0.2) is 4.98 Å². The van der Waals surface area contributed by atoms with Crippen molar-refractivity contribution in [1.82, 2.24) is 9.97 Å². The largest absolute Gasteiger partial charge is 0.378 e. The summed E-state index contributed by atoms with van der Waals surface area (Å²) in [6.07, 6.45) is 1.79. The molecule has 1 saturated heterocycles. The van der Waals surface area contributed by atoms with Crippen molar-refractivity contribution in [3.8, 4) is 11.3 Å². The van der Waals surface area contributed by atoms with Gasteiger partial charge in [0.2, 0.25) is 5.91 Å². The molecular formula is C22H23BrN4O2S. The number of aromatic amines is 1. The normalized spacial score (nSPS) is 15.1. The summed E-state index contributed by atoms with van der Waals surface area (Å²) in [5.41, 5.74) is 3.92. The summed E-state index contributed by atoms with van der Waals surface area (Å²) >= 11 is 4.85. The fourth-order valence-electron chi connectivity index (χ4n) is 3.18. The average Bonchev–Trinajstić information content (AvgIpc) is 3.24. The fraction of sp³-hybridized carbons (Fsp3) is 0.273. The van der Waals surface area contributed by atoms with Crippen LogP contribution in [0.5, 0.6) is 0 Å². The third-order valence-corrected chi connectivity index (χ3v) is 6.40. The van der Waals surface area contributed by atoms with Crippen molar-refractivity contribution in [2.24, 2.45) is 0 Å². The number of morpholine rings is 1. The highest BCUT2D eigenvalue weighted by Gasteiger charge is 2.17. The van der Waals surface area contributed by atoms with Gasteiger partial charge in [0.1, 0.15) is 0 Å². The van der Waals surface area contributed by atoms with Gasteiger partial charge in [0.25, 0.3) is 0 Å². The molecule has 8 heteroatoms. The molecule has 6 nitrogen and oxygen atoms in total. The number of anilines is 2. The van der Waals surface area contributed by atoms with E-state index in [0.717, 1.165) is 58.6 Å². The second kappa shape index (κ2) is 9.68. The minimum Gasteiger partial charge on any atom is -0.378 e. The summed E-state index contributed by atoms with van der Waals surface area (Å²) in [4.78, 5) is 22.6. The fourth-order valence-corrected chi connectivity index (χ4v) is 4.23. The van der Waals surface area contributed by atoms with Gasteiger partial charge in [0.15, 0.2) is 5.16 Å². The van der Waals surface area contributed by atoms with Gasteiger partial charge >= 0.3 is 0 Å². The first-order chi connectivity index (χ1) is 14.6. The number of halogens is 1. The molecule has 2 aromatic carbocycles. The van der Waals surface area contributed by atoms with Crippen molar-refractivity contribution in [3.05, 3.63) is 59.2 Å². The molecule has 3 aromatic rings. The van der Waals surface area contributed by atoms with E-state index >= 15 is 0 Å². The number of H-pyrrole nitrogens is 1. The summed E-state index contributed by atoms with van der Waals surface area (Å²) in [7, 11) is 0. The maximum absolute atomic E-state index is 12.6. The Hall–Kier alpha value is -2.29. The van der Waals surface area contributed by atoms with Crippen LogP contribution >= 0.6 is 27.7 Å². The topological polar surface area (TPSA) is 70.2 Å². The first-order valence-corrected chi connectivity index (χ1v) is 11.5. The number of ether oxygens (including phenoxy) is 1. The lowest BCUT2D eigenvalue weighted by atomic mass is 10.2. The Bertz CT molecular complexity index is 985. The molecule has 0 spiro atoms. The van der Waals surface area contributed by atoms with Crippen molar-refractivity contribution in [2.45, 2.75) is 17.3 Å². The number of amides is 1. The molecule has 1 amide bonds. The van der Waals surface area contributed by atoms with E-state index in [9.17, 15) is 4.79 Å². The van der Waals surface area contributed by atoms with E-state index < -0.39 is 0 Å². The number of aromatic nitrogens is 2. The van der Waals surface area contributed by atoms with E-state index in [-0.39, 0.29) is 11.2 Å². The lowest BCUT2D eigenvalue weighted by molar-refractivity contribution is -0.115. The van der Waals surface area contributed by atoms with E-state index in [0.29, 0.717) is 0 Å². The van der Waals surface area contributed by atoms with Gasteiger partial charge < -0.3 is 19.9 Å². The number of carbonyl (C=O) groups excluding carboxylic acids is 1. The SMILES string of the molecule is C[C@H](Sc1ncc(-c2ccc(Br)cc2)[nH]1)C(=O)Nc1ccc(N2CCOCC2)cc1. The Balaban J connectivity index is 1.33. The molecule has 1 aromatic heterocycles. The summed E-state index contributed by atoms with van der Waals surface area (Å²) in [5, 5.41) is 3.42. The summed E-state index contributed by atoms with van der Waals surface area (Å²) in [6.45, 7) is 5.17. The predicted octanol–water partition coefficient (Wildman–Crippen LogP) is 4.80. The van der Waals surface area contributed by atoms with Crippen LogP contribution in [0, 0.1) is 0 Å². The summed E-state index contributed by atoms with van der Waals surface area (Å²) in [6, 6.07) is 16.0. The lowest BCUT2D eigenvalue weighted by Crippen LogP contribution is -2.36. The van der Waals surface area contributed by atoms with Crippen LogP contribution in [0.1, 0.15) is 6.92 Å². The summed E-state index contributed by atoms with van der Waals surface area (Å²) in [5.74, 6) is -0.0549. The van der Waals surface area contributed by atoms with Crippen molar-refractivity contribution in [2.75, 3.05) is 36.5 Å². The van der Waals surface area contributed by atoms with Gasteiger partial charge in [-0.3, -0.25) is 4.79 Å². The number of hydrogen-bond acceptors (Lipinski definition) is 5. The second-order valence-electron chi connectivity index (χ2n) is 7.00. The lowest BCUT2D eigenvalue weighted by Gasteiger charge is -2.28. The van der Waals surface area contributed by atoms with Gasteiger partial charge in [0, 0.05) is 28.9 Å². The first-order valence-electron chi connectivity index (χ1n) is 9.80. The van der Waals surface area contributed by atoms with Crippen molar-refractivity contribution >= 4 is 45.0 Å².